The van der Waals surface area contributed by atoms with Gasteiger partial charge in [-0.25, -0.2) is 13.9 Å². The second-order valence-corrected chi connectivity index (χ2v) is 5.94. The highest BCUT2D eigenvalue weighted by molar-refractivity contribution is 5.89. The summed E-state index contributed by atoms with van der Waals surface area (Å²) in [6.45, 7) is 2.29. The average molecular weight is 375 g/mol. The Balaban J connectivity index is 1.78. The summed E-state index contributed by atoms with van der Waals surface area (Å²) in [5, 5.41) is 6.58. The first-order chi connectivity index (χ1) is 13.0. The van der Waals surface area contributed by atoms with Gasteiger partial charge in [0.25, 0.3) is 11.5 Å². The van der Waals surface area contributed by atoms with E-state index in [0.29, 0.717) is 19.5 Å². The van der Waals surface area contributed by atoms with Gasteiger partial charge in [0.05, 0.1) is 0 Å². The maximum absolute atomic E-state index is 12.8. The van der Waals surface area contributed by atoms with Gasteiger partial charge in [0.15, 0.2) is 12.3 Å². The predicted molar refractivity (Wildman–Crippen MR) is 96.8 cm³/mol. The number of hydrogen-bond acceptors (Lipinski definition) is 5. The van der Waals surface area contributed by atoms with Gasteiger partial charge in [-0.3, -0.25) is 9.59 Å². The summed E-state index contributed by atoms with van der Waals surface area (Å²) in [5.41, 5.74) is 0.565. The first-order valence-corrected chi connectivity index (χ1v) is 8.76. The number of benzene rings is 1. The number of nitrogens with one attached hydrogen (secondary N) is 1. The third kappa shape index (κ3) is 6.65. The van der Waals surface area contributed by atoms with E-state index in [2.05, 4.69) is 10.4 Å². The second kappa shape index (κ2) is 10.2. The Morgan fingerprint density at radius 3 is 2.63 bits per heavy atom. The molecule has 8 heteroatoms. The largest absolute Gasteiger partial charge is 0.451 e. The molecular weight excluding hydrogens is 353 g/mol. The van der Waals surface area contributed by atoms with Crippen LogP contribution in [0.25, 0.3) is 0 Å². The van der Waals surface area contributed by atoms with Gasteiger partial charge in [-0.05, 0) is 36.6 Å². The molecule has 1 N–H and O–H groups in total. The number of aryl methyl sites for hydroxylation is 1. The van der Waals surface area contributed by atoms with Gasteiger partial charge in [0, 0.05) is 19.2 Å². The minimum Gasteiger partial charge on any atom is -0.451 e. The zero-order valence-corrected chi connectivity index (χ0v) is 15.1. The summed E-state index contributed by atoms with van der Waals surface area (Å²) in [6.07, 6.45) is 2.19. The number of carbonyl (C=O) groups excluding carboxylic acids is 2. The molecule has 0 fully saturated rings. The summed E-state index contributed by atoms with van der Waals surface area (Å²) in [7, 11) is 0. The number of unbranched alkanes of at least 4 members (excludes halogenated alkanes) is 1. The number of ether oxygens (including phenoxy) is 1. The molecule has 0 saturated carbocycles. The van der Waals surface area contributed by atoms with E-state index in [9.17, 15) is 18.8 Å². The van der Waals surface area contributed by atoms with E-state index in [1.165, 1.54) is 28.9 Å². The summed E-state index contributed by atoms with van der Waals surface area (Å²) < 4.78 is 19.0. The van der Waals surface area contributed by atoms with E-state index in [4.69, 9.17) is 4.74 Å². The Labute approximate surface area is 156 Å². The Morgan fingerprint density at radius 1 is 1.19 bits per heavy atom. The first kappa shape index (κ1) is 20.3. The number of nitrogens with zero attached hydrogens (tertiary/aromatic N) is 2. The Kier molecular flexibility index (Phi) is 7.66. The first-order valence-electron chi connectivity index (χ1n) is 8.76. The van der Waals surface area contributed by atoms with E-state index in [1.54, 1.807) is 12.1 Å². The van der Waals surface area contributed by atoms with E-state index in [1.807, 2.05) is 6.92 Å². The molecule has 0 unspecified atom stereocenters. The lowest BCUT2D eigenvalue weighted by Gasteiger charge is -2.08. The van der Waals surface area contributed by atoms with Gasteiger partial charge in [0.1, 0.15) is 5.82 Å². The van der Waals surface area contributed by atoms with Crippen LogP contribution in [0.15, 0.2) is 41.2 Å². The third-order valence-corrected chi connectivity index (χ3v) is 3.78. The molecule has 0 aliphatic carbocycles. The minimum atomic E-state index is -0.770. The molecular formula is C19H22FN3O4. The highest BCUT2D eigenvalue weighted by atomic mass is 19.1. The number of aromatic nitrogens is 2. The fourth-order valence-corrected chi connectivity index (χ4v) is 2.28. The Morgan fingerprint density at radius 2 is 1.93 bits per heavy atom. The third-order valence-electron chi connectivity index (χ3n) is 3.78. The maximum atomic E-state index is 12.8. The number of carbonyl (C=O) groups is 2. The summed E-state index contributed by atoms with van der Waals surface area (Å²) >= 11 is 0. The lowest BCUT2D eigenvalue weighted by atomic mass is 10.1. The lowest BCUT2D eigenvalue weighted by Crippen LogP contribution is -2.31. The van der Waals surface area contributed by atoms with Gasteiger partial charge in [-0.15, -0.1) is 0 Å². The van der Waals surface area contributed by atoms with Gasteiger partial charge < -0.3 is 10.1 Å². The van der Waals surface area contributed by atoms with Crippen LogP contribution in [0.3, 0.4) is 0 Å². The number of amides is 1. The van der Waals surface area contributed by atoms with Crippen LogP contribution in [0.1, 0.15) is 35.8 Å². The molecule has 1 amide bonds. The van der Waals surface area contributed by atoms with Crippen LogP contribution in [0.2, 0.25) is 0 Å². The molecule has 2 rings (SSSR count). The molecule has 2 aromatic rings. The standard InChI is InChI=1S/C19H22FN3O4/c1-2-3-12-23-18(25)9-8-16(22-23)19(26)27-13-17(24)21-11-10-14-4-6-15(20)7-5-14/h4-9H,2-3,10-13H2,1H3,(H,21,24). The van der Waals surface area contributed by atoms with Gasteiger partial charge in [-0.2, -0.15) is 5.10 Å². The normalized spacial score (nSPS) is 10.4. The molecule has 0 aliphatic rings. The fraction of sp³-hybridized carbons (Fsp3) is 0.368. The molecule has 0 spiro atoms. The maximum Gasteiger partial charge on any atom is 0.359 e. The van der Waals surface area contributed by atoms with Crippen molar-refractivity contribution in [1.82, 2.24) is 15.1 Å². The molecule has 0 atom stereocenters. The van der Waals surface area contributed by atoms with Gasteiger partial charge >= 0.3 is 5.97 Å². The molecule has 0 aliphatic heterocycles. The second-order valence-electron chi connectivity index (χ2n) is 5.94. The predicted octanol–water partition coefficient (Wildman–Crippen LogP) is 1.70. The number of esters is 1. The van der Waals surface area contributed by atoms with E-state index < -0.39 is 18.5 Å². The van der Waals surface area contributed by atoms with Crippen molar-refractivity contribution in [2.45, 2.75) is 32.7 Å². The molecule has 27 heavy (non-hydrogen) atoms. The molecule has 1 aromatic heterocycles. The van der Waals surface area contributed by atoms with E-state index in [0.717, 1.165) is 18.4 Å². The molecule has 1 aromatic carbocycles. The van der Waals surface area contributed by atoms with E-state index in [-0.39, 0.29) is 17.1 Å². The Bertz CT molecular complexity index is 834. The average Bonchev–Trinajstić information content (AvgIpc) is 2.67. The zero-order chi connectivity index (χ0) is 19.6. The van der Waals surface area contributed by atoms with Crippen molar-refractivity contribution in [3.8, 4) is 0 Å². The smallest absolute Gasteiger partial charge is 0.359 e. The SMILES string of the molecule is CCCCn1nc(C(=O)OCC(=O)NCCc2ccc(F)cc2)ccc1=O. The van der Waals surface area contributed by atoms with Crippen LogP contribution in [0.4, 0.5) is 4.39 Å². The quantitative estimate of drug-likeness (QED) is 0.674. The summed E-state index contributed by atoms with van der Waals surface area (Å²) in [4.78, 5) is 35.4. The van der Waals surface area contributed by atoms with Crippen LogP contribution < -0.4 is 10.9 Å². The van der Waals surface area contributed by atoms with Crippen LogP contribution in [0, 0.1) is 5.82 Å². The molecule has 1 heterocycles. The van der Waals surface area contributed by atoms with Gasteiger partial charge in [0.2, 0.25) is 0 Å². The molecule has 0 radical (unpaired) electrons. The monoisotopic (exact) mass is 375 g/mol. The van der Waals surface area contributed by atoms with Crippen molar-refractivity contribution in [2.75, 3.05) is 13.2 Å². The summed E-state index contributed by atoms with van der Waals surface area (Å²) in [5.74, 6) is -1.54. The molecule has 0 saturated heterocycles. The molecule has 144 valence electrons. The summed E-state index contributed by atoms with van der Waals surface area (Å²) in [6, 6.07) is 8.51. The van der Waals surface area contributed by atoms with Crippen LogP contribution in [-0.2, 0) is 22.5 Å². The van der Waals surface area contributed by atoms with Crippen LogP contribution in [-0.4, -0.2) is 34.8 Å². The highest BCUT2D eigenvalue weighted by Crippen LogP contribution is 2.02. The fourth-order valence-electron chi connectivity index (χ4n) is 2.28. The Hall–Kier alpha value is -3.03. The van der Waals surface area contributed by atoms with Crippen molar-refractivity contribution in [3.63, 3.8) is 0 Å². The van der Waals surface area contributed by atoms with Gasteiger partial charge in [-0.1, -0.05) is 25.5 Å². The van der Waals surface area contributed by atoms with Crippen LogP contribution in [0.5, 0.6) is 0 Å². The number of hydrogen-bond donors (Lipinski definition) is 1. The highest BCUT2D eigenvalue weighted by Gasteiger charge is 2.13. The number of rotatable bonds is 9. The van der Waals surface area contributed by atoms with E-state index >= 15 is 0 Å². The zero-order valence-electron chi connectivity index (χ0n) is 15.1. The van der Waals surface area contributed by atoms with Crippen molar-refractivity contribution >= 4 is 11.9 Å². The molecule has 7 nitrogen and oxygen atoms in total. The lowest BCUT2D eigenvalue weighted by molar-refractivity contribution is -0.124. The van der Waals surface area contributed by atoms with Crippen molar-refractivity contribution in [3.05, 3.63) is 63.8 Å². The minimum absolute atomic E-state index is 0.0233. The van der Waals surface area contributed by atoms with Crippen molar-refractivity contribution < 1.29 is 18.7 Å². The number of halogens is 1. The topological polar surface area (TPSA) is 90.3 Å². The van der Waals surface area contributed by atoms with Crippen molar-refractivity contribution in [1.29, 1.82) is 0 Å². The van der Waals surface area contributed by atoms with Crippen LogP contribution >= 0.6 is 0 Å². The van der Waals surface area contributed by atoms with Crippen molar-refractivity contribution in [2.24, 2.45) is 0 Å². The molecule has 0 bridgehead atoms.